The van der Waals surface area contributed by atoms with E-state index in [9.17, 15) is 4.79 Å². The summed E-state index contributed by atoms with van der Waals surface area (Å²) in [6.07, 6.45) is 1.59. The van der Waals surface area contributed by atoms with Gasteiger partial charge >= 0.3 is 0 Å². The molecule has 1 aliphatic heterocycles. The van der Waals surface area contributed by atoms with E-state index in [1.807, 2.05) is 19.9 Å². The third-order valence-electron chi connectivity index (χ3n) is 4.56. The zero-order valence-electron chi connectivity index (χ0n) is 15.9. The molecule has 4 rings (SSSR count). The number of nitrogens with two attached hydrogens (primary N) is 1. The number of morpholine rings is 1. The minimum absolute atomic E-state index is 0.0590. The van der Waals surface area contributed by atoms with E-state index in [2.05, 4.69) is 30.3 Å². The van der Waals surface area contributed by atoms with Crippen LogP contribution in [0.4, 0.5) is 17.6 Å². The molecule has 0 saturated carbocycles. The van der Waals surface area contributed by atoms with Crippen LogP contribution in [0.1, 0.15) is 12.6 Å². The van der Waals surface area contributed by atoms with E-state index < -0.39 is 0 Å². The summed E-state index contributed by atoms with van der Waals surface area (Å²) >= 11 is 0. The largest absolute Gasteiger partial charge is 0.378 e. The van der Waals surface area contributed by atoms with Gasteiger partial charge in [-0.05, 0) is 13.8 Å². The molecule has 28 heavy (non-hydrogen) atoms. The van der Waals surface area contributed by atoms with Crippen LogP contribution in [0.15, 0.2) is 12.4 Å². The van der Waals surface area contributed by atoms with E-state index in [1.54, 1.807) is 15.6 Å². The number of nitrogen functional groups attached to an aromatic ring is 1. The lowest BCUT2D eigenvalue weighted by atomic mass is 10.3. The molecule has 0 aromatic carbocycles. The molecule has 4 heterocycles. The summed E-state index contributed by atoms with van der Waals surface area (Å²) in [5.41, 5.74) is 7.92. The Morgan fingerprint density at radius 3 is 2.86 bits per heavy atom. The van der Waals surface area contributed by atoms with Gasteiger partial charge in [-0.2, -0.15) is 15.1 Å². The van der Waals surface area contributed by atoms with Crippen LogP contribution in [-0.4, -0.2) is 61.5 Å². The van der Waals surface area contributed by atoms with Crippen molar-refractivity contribution in [2.45, 2.75) is 26.9 Å². The molecule has 0 radical (unpaired) electrons. The number of rotatable bonds is 5. The Morgan fingerprint density at radius 1 is 1.32 bits per heavy atom. The molecule has 11 heteroatoms. The Morgan fingerprint density at radius 2 is 2.11 bits per heavy atom. The minimum atomic E-state index is -0.195. The molecule has 3 N–H and O–H groups in total. The van der Waals surface area contributed by atoms with Gasteiger partial charge in [0.25, 0.3) is 0 Å². The zero-order valence-corrected chi connectivity index (χ0v) is 15.9. The van der Waals surface area contributed by atoms with E-state index in [4.69, 9.17) is 10.5 Å². The third-order valence-corrected chi connectivity index (χ3v) is 4.56. The fraction of sp³-hybridized carbons (Fsp3) is 0.471. The lowest BCUT2D eigenvalue weighted by Gasteiger charge is -2.27. The molecule has 1 fully saturated rings. The number of hydrogen-bond acceptors (Lipinski definition) is 8. The quantitative estimate of drug-likeness (QED) is 0.646. The molecule has 0 bridgehead atoms. The molecule has 3 aromatic rings. The minimum Gasteiger partial charge on any atom is -0.378 e. The van der Waals surface area contributed by atoms with Gasteiger partial charge in [0.1, 0.15) is 12.4 Å². The van der Waals surface area contributed by atoms with Crippen LogP contribution >= 0.6 is 0 Å². The maximum Gasteiger partial charge on any atom is 0.245 e. The van der Waals surface area contributed by atoms with Crippen molar-refractivity contribution >= 4 is 34.7 Å². The third kappa shape index (κ3) is 3.48. The number of carbonyl (C=O) groups excluding carboxylic acids is 1. The number of hydrogen-bond donors (Lipinski definition) is 2. The zero-order chi connectivity index (χ0) is 19.7. The van der Waals surface area contributed by atoms with Gasteiger partial charge in [0, 0.05) is 25.7 Å². The Bertz CT molecular complexity index is 1000. The maximum absolute atomic E-state index is 12.6. The standard InChI is InChI=1S/C17H23N9O2/c1-3-26-12(8-11(2)23-26)20-13(27)9-25-10-19-14-15(21-17(18)22-16(14)25)24-4-6-28-7-5-24/h8,10H,3-7,9H2,1-2H3,(H,20,27)(H2,18,21,22). The van der Waals surface area contributed by atoms with Gasteiger partial charge in [-0.1, -0.05) is 0 Å². The fourth-order valence-corrected chi connectivity index (χ4v) is 3.28. The van der Waals surface area contributed by atoms with Crippen molar-refractivity contribution in [1.29, 1.82) is 0 Å². The molecule has 11 nitrogen and oxygen atoms in total. The topological polar surface area (TPSA) is 129 Å². The van der Waals surface area contributed by atoms with Crippen molar-refractivity contribution in [3.8, 4) is 0 Å². The van der Waals surface area contributed by atoms with Crippen LogP contribution in [0.2, 0.25) is 0 Å². The van der Waals surface area contributed by atoms with Gasteiger partial charge in [0.15, 0.2) is 17.0 Å². The van der Waals surface area contributed by atoms with Gasteiger partial charge in [0.2, 0.25) is 11.9 Å². The molecule has 0 spiro atoms. The van der Waals surface area contributed by atoms with Gasteiger partial charge < -0.3 is 25.3 Å². The van der Waals surface area contributed by atoms with Crippen LogP contribution in [0.5, 0.6) is 0 Å². The molecular weight excluding hydrogens is 362 g/mol. The van der Waals surface area contributed by atoms with E-state index in [0.717, 1.165) is 5.69 Å². The molecule has 0 atom stereocenters. The number of aryl methyl sites for hydroxylation is 2. The van der Waals surface area contributed by atoms with E-state index in [-0.39, 0.29) is 18.4 Å². The number of nitrogens with one attached hydrogen (secondary N) is 1. The summed E-state index contributed by atoms with van der Waals surface area (Å²) in [5.74, 6) is 1.29. The Labute approximate surface area is 161 Å². The van der Waals surface area contributed by atoms with E-state index >= 15 is 0 Å². The van der Waals surface area contributed by atoms with Crippen molar-refractivity contribution in [2.24, 2.45) is 0 Å². The normalized spacial score (nSPS) is 14.6. The molecule has 0 aliphatic carbocycles. The van der Waals surface area contributed by atoms with Crippen molar-refractivity contribution in [3.05, 3.63) is 18.1 Å². The number of anilines is 3. The Hall–Kier alpha value is -3.21. The van der Waals surface area contributed by atoms with Crippen molar-refractivity contribution < 1.29 is 9.53 Å². The summed E-state index contributed by atoms with van der Waals surface area (Å²) in [5, 5.41) is 7.22. The highest BCUT2D eigenvalue weighted by molar-refractivity contribution is 5.91. The summed E-state index contributed by atoms with van der Waals surface area (Å²) in [4.78, 5) is 27.7. The summed E-state index contributed by atoms with van der Waals surface area (Å²) in [6, 6.07) is 1.84. The fourth-order valence-electron chi connectivity index (χ4n) is 3.28. The second kappa shape index (κ2) is 7.43. The highest BCUT2D eigenvalue weighted by Crippen LogP contribution is 2.24. The smallest absolute Gasteiger partial charge is 0.245 e. The average Bonchev–Trinajstić information content (AvgIpc) is 3.24. The number of imidazole rings is 1. The first-order valence-electron chi connectivity index (χ1n) is 9.20. The van der Waals surface area contributed by atoms with Crippen LogP contribution < -0.4 is 16.0 Å². The maximum atomic E-state index is 12.6. The SMILES string of the molecule is CCn1nc(C)cc1NC(=O)Cn1cnc2c(N3CCOCC3)nc(N)nc21. The molecule has 148 valence electrons. The average molecular weight is 385 g/mol. The van der Waals surface area contributed by atoms with Crippen LogP contribution in [0.3, 0.4) is 0 Å². The van der Waals surface area contributed by atoms with Crippen LogP contribution in [-0.2, 0) is 22.6 Å². The monoisotopic (exact) mass is 385 g/mol. The van der Waals surface area contributed by atoms with E-state index in [1.165, 1.54) is 0 Å². The van der Waals surface area contributed by atoms with Gasteiger partial charge in [0.05, 0.1) is 25.2 Å². The van der Waals surface area contributed by atoms with E-state index in [0.29, 0.717) is 55.6 Å². The van der Waals surface area contributed by atoms with Gasteiger partial charge in [-0.25, -0.2) is 9.67 Å². The Kier molecular flexibility index (Phi) is 4.82. The van der Waals surface area contributed by atoms with Crippen LogP contribution in [0.25, 0.3) is 11.2 Å². The first kappa shape index (κ1) is 18.2. The first-order valence-corrected chi connectivity index (χ1v) is 9.20. The summed E-state index contributed by atoms with van der Waals surface area (Å²) < 4.78 is 8.82. The lowest BCUT2D eigenvalue weighted by molar-refractivity contribution is -0.116. The molecule has 1 aliphatic rings. The van der Waals surface area contributed by atoms with Crippen molar-refractivity contribution in [2.75, 3.05) is 42.3 Å². The predicted molar refractivity (Wildman–Crippen MR) is 104 cm³/mol. The number of fused-ring (bicyclic) bond motifs is 1. The second-order valence-corrected chi connectivity index (χ2v) is 6.58. The van der Waals surface area contributed by atoms with Crippen molar-refractivity contribution in [3.63, 3.8) is 0 Å². The summed E-state index contributed by atoms with van der Waals surface area (Å²) in [6.45, 7) is 7.25. The lowest BCUT2D eigenvalue weighted by Crippen LogP contribution is -2.37. The predicted octanol–water partition coefficient (Wildman–Crippen LogP) is 0.409. The van der Waals surface area contributed by atoms with Gasteiger partial charge in [-0.3, -0.25) is 4.79 Å². The first-order chi connectivity index (χ1) is 13.5. The number of amides is 1. The molecule has 3 aromatic heterocycles. The van der Waals surface area contributed by atoms with Crippen LogP contribution in [0, 0.1) is 6.92 Å². The van der Waals surface area contributed by atoms with Gasteiger partial charge in [-0.15, -0.1) is 0 Å². The highest BCUT2D eigenvalue weighted by atomic mass is 16.5. The molecule has 0 unspecified atom stereocenters. The second-order valence-electron chi connectivity index (χ2n) is 6.58. The van der Waals surface area contributed by atoms with Crippen molar-refractivity contribution in [1.82, 2.24) is 29.3 Å². The highest BCUT2D eigenvalue weighted by Gasteiger charge is 2.20. The number of aromatic nitrogens is 6. The molecular formula is C17H23N9O2. The Balaban J connectivity index is 1.59. The number of ether oxygens (including phenoxy) is 1. The number of carbonyl (C=O) groups is 1. The molecule has 1 saturated heterocycles. The summed E-state index contributed by atoms with van der Waals surface area (Å²) in [7, 11) is 0. The molecule has 1 amide bonds. The number of nitrogens with zero attached hydrogens (tertiary/aromatic N) is 7.